The van der Waals surface area contributed by atoms with Crippen molar-refractivity contribution in [2.75, 3.05) is 5.32 Å². The molecule has 0 amide bonds. The molecule has 18 heavy (non-hydrogen) atoms. The number of nitrogens with one attached hydrogen (secondary N) is 1. The lowest BCUT2D eigenvalue weighted by Gasteiger charge is -2.11. The van der Waals surface area contributed by atoms with Gasteiger partial charge in [-0.25, -0.2) is 4.79 Å². The summed E-state index contributed by atoms with van der Waals surface area (Å²) in [5.74, 6) is -0.956. The van der Waals surface area contributed by atoms with Crippen molar-refractivity contribution >= 4 is 51.5 Å². The van der Waals surface area contributed by atoms with Crippen molar-refractivity contribution < 1.29 is 9.90 Å². The molecule has 2 N–H and O–H groups in total. The predicted octanol–water partition coefficient (Wildman–Crippen LogP) is 4.39. The van der Waals surface area contributed by atoms with Gasteiger partial charge in [-0.1, -0.05) is 23.7 Å². The van der Waals surface area contributed by atoms with E-state index in [0.717, 1.165) is 9.26 Å². The summed E-state index contributed by atoms with van der Waals surface area (Å²) in [4.78, 5) is 11.1. The summed E-state index contributed by atoms with van der Waals surface area (Å²) in [5.41, 5.74) is 1.63. The van der Waals surface area contributed by atoms with Crippen molar-refractivity contribution in [3.8, 4) is 0 Å². The van der Waals surface area contributed by atoms with Gasteiger partial charge in [-0.3, -0.25) is 0 Å². The average molecular weight is 374 g/mol. The predicted molar refractivity (Wildman–Crippen MR) is 80.9 cm³/mol. The zero-order valence-corrected chi connectivity index (χ0v) is 12.1. The quantitative estimate of drug-likeness (QED) is 0.785. The molecule has 0 unspecified atom stereocenters. The molecule has 2 aromatic rings. The SMILES string of the molecule is O=C(O)c1ccccc1Nc1ccc(Cl)cc1I. The van der Waals surface area contributed by atoms with Gasteiger partial charge in [0.1, 0.15) is 0 Å². The molecule has 0 aromatic heterocycles. The van der Waals surface area contributed by atoms with Gasteiger partial charge in [0.05, 0.1) is 16.9 Å². The van der Waals surface area contributed by atoms with Crippen molar-refractivity contribution in [2.24, 2.45) is 0 Å². The minimum absolute atomic E-state index is 0.239. The van der Waals surface area contributed by atoms with E-state index < -0.39 is 5.97 Å². The highest BCUT2D eigenvalue weighted by molar-refractivity contribution is 14.1. The standard InChI is InChI=1S/C13H9ClINO2/c14-8-5-6-12(10(15)7-8)16-11-4-2-1-3-9(11)13(17)18/h1-7,16H,(H,17,18). The Morgan fingerprint density at radius 2 is 1.89 bits per heavy atom. The highest BCUT2D eigenvalue weighted by atomic mass is 127. The summed E-state index contributed by atoms with van der Waals surface area (Å²) >= 11 is 8.02. The third-order valence-corrected chi connectivity index (χ3v) is 3.49. The smallest absolute Gasteiger partial charge is 0.337 e. The Labute approximate surface area is 123 Å². The van der Waals surface area contributed by atoms with Crippen LogP contribution in [0.1, 0.15) is 10.4 Å². The fourth-order valence-corrected chi connectivity index (χ4v) is 2.52. The van der Waals surface area contributed by atoms with Crippen LogP contribution in [0.3, 0.4) is 0 Å². The molecule has 0 radical (unpaired) electrons. The number of rotatable bonds is 3. The van der Waals surface area contributed by atoms with Crippen LogP contribution >= 0.6 is 34.2 Å². The van der Waals surface area contributed by atoms with Crippen molar-refractivity contribution in [3.05, 3.63) is 56.6 Å². The third-order valence-electron chi connectivity index (χ3n) is 2.36. The third kappa shape index (κ3) is 2.94. The Bertz CT molecular complexity index is 601. The Morgan fingerprint density at radius 3 is 2.56 bits per heavy atom. The second-order valence-corrected chi connectivity index (χ2v) is 5.20. The Balaban J connectivity index is 2.37. The van der Waals surface area contributed by atoms with Gasteiger partial charge >= 0.3 is 5.97 Å². The largest absolute Gasteiger partial charge is 0.478 e. The lowest BCUT2D eigenvalue weighted by molar-refractivity contribution is 0.0698. The summed E-state index contributed by atoms with van der Waals surface area (Å²) in [7, 11) is 0. The second kappa shape index (κ2) is 5.58. The first-order chi connectivity index (χ1) is 8.58. The Morgan fingerprint density at radius 1 is 1.17 bits per heavy atom. The highest BCUT2D eigenvalue weighted by Gasteiger charge is 2.10. The number of hydrogen-bond acceptors (Lipinski definition) is 2. The van der Waals surface area contributed by atoms with Crippen LogP contribution in [0.2, 0.25) is 5.02 Å². The molecular weight excluding hydrogens is 365 g/mol. The molecule has 2 aromatic carbocycles. The number of hydrogen-bond donors (Lipinski definition) is 2. The van der Waals surface area contributed by atoms with E-state index in [1.165, 1.54) is 0 Å². The summed E-state index contributed by atoms with van der Waals surface area (Å²) in [6, 6.07) is 12.2. The number of carboxylic acid groups (broad SMARTS) is 1. The molecule has 0 saturated heterocycles. The van der Waals surface area contributed by atoms with E-state index in [1.807, 2.05) is 12.1 Å². The minimum Gasteiger partial charge on any atom is -0.478 e. The van der Waals surface area contributed by atoms with Crippen LogP contribution in [0, 0.1) is 3.57 Å². The van der Waals surface area contributed by atoms with Gasteiger partial charge in [0.25, 0.3) is 0 Å². The van der Waals surface area contributed by atoms with Crippen LogP contribution in [0.4, 0.5) is 11.4 Å². The molecule has 0 atom stereocenters. The summed E-state index contributed by atoms with van der Waals surface area (Å²) in [6.45, 7) is 0. The van der Waals surface area contributed by atoms with Gasteiger partial charge in [-0.15, -0.1) is 0 Å². The van der Waals surface area contributed by atoms with Gasteiger partial charge in [0.2, 0.25) is 0 Å². The first-order valence-corrected chi connectivity index (χ1v) is 6.58. The molecule has 0 bridgehead atoms. The van der Waals surface area contributed by atoms with Crippen LogP contribution in [-0.2, 0) is 0 Å². The first-order valence-electron chi connectivity index (χ1n) is 5.12. The van der Waals surface area contributed by atoms with Crippen molar-refractivity contribution in [1.82, 2.24) is 0 Å². The lowest BCUT2D eigenvalue weighted by Crippen LogP contribution is -2.03. The number of para-hydroxylation sites is 1. The summed E-state index contributed by atoms with van der Waals surface area (Å²) < 4.78 is 0.931. The molecule has 0 aliphatic rings. The average Bonchev–Trinajstić information content (AvgIpc) is 2.33. The number of carbonyl (C=O) groups is 1. The zero-order valence-electron chi connectivity index (χ0n) is 9.15. The van der Waals surface area contributed by atoms with Crippen molar-refractivity contribution in [1.29, 1.82) is 0 Å². The molecular formula is C13H9ClINO2. The normalized spacial score (nSPS) is 10.1. The first kappa shape index (κ1) is 13.2. The number of aromatic carboxylic acids is 1. The second-order valence-electron chi connectivity index (χ2n) is 3.60. The summed E-state index contributed by atoms with van der Waals surface area (Å²) in [5, 5.41) is 12.8. The van der Waals surface area contributed by atoms with Crippen LogP contribution in [0.25, 0.3) is 0 Å². The molecule has 0 heterocycles. The Kier molecular flexibility index (Phi) is 4.08. The van der Waals surface area contributed by atoms with E-state index in [-0.39, 0.29) is 5.56 Å². The minimum atomic E-state index is -0.956. The maximum atomic E-state index is 11.1. The molecule has 0 spiro atoms. The molecule has 92 valence electrons. The molecule has 2 rings (SSSR count). The maximum Gasteiger partial charge on any atom is 0.337 e. The lowest BCUT2D eigenvalue weighted by atomic mass is 10.1. The van der Waals surface area contributed by atoms with Crippen LogP contribution in [0.5, 0.6) is 0 Å². The molecule has 3 nitrogen and oxygen atoms in total. The van der Waals surface area contributed by atoms with E-state index in [0.29, 0.717) is 10.7 Å². The van der Waals surface area contributed by atoms with Gasteiger partial charge in [0, 0.05) is 8.59 Å². The number of anilines is 2. The van der Waals surface area contributed by atoms with E-state index in [9.17, 15) is 4.79 Å². The van der Waals surface area contributed by atoms with Crippen LogP contribution in [0.15, 0.2) is 42.5 Å². The van der Waals surface area contributed by atoms with E-state index in [1.54, 1.807) is 30.3 Å². The topological polar surface area (TPSA) is 49.3 Å². The van der Waals surface area contributed by atoms with Gasteiger partial charge in [0.15, 0.2) is 0 Å². The molecule has 0 fully saturated rings. The maximum absolute atomic E-state index is 11.1. The fourth-order valence-electron chi connectivity index (χ4n) is 1.51. The molecule has 5 heteroatoms. The number of carboxylic acids is 1. The fraction of sp³-hybridized carbons (Fsp3) is 0. The number of halogens is 2. The zero-order chi connectivity index (χ0) is 13.1. The highest BCUT2D eigenvalue weighted by Crippen LogP contribution is 2.27. The van der Waals surface area contributed by atoms with Crippen molar-refractivity contribution in [3.63, 3.8) is 0 Å². The number of benzene rings is 2. The van der Waals surface area contributed by atoms with Gasteiger partial charge in [-0.05, 0) is 52.9 Å². The van der Waals surface area contributed by atoms with Crippen LogP contribution < -0.4 is 5.32 Å². The molecule has 0 aliphatic carbocycles. The van der Waals surface area contributed by atoms with Crippen molar-refractivity contribution in [2.45, 2.75) is 0 Å². The van der Waals surface area contributed by atoms with E-state index in [2.05, 4.69) is 27.9 Å². The van der Waals surface area contributed by atoms with Crippen LogP contribution in [-0.4, -0.2) is 11.1 Å². The van der Waals surface area contributed by atoms with Gasteiger partial charge < -0.3 is 10.4 Å². The summed E-state index contributed by atoms with van der Waals surface area (Å²) in [6.07, 6.45) is 0. The monoisotopic (exact) mass is 373 g/mol. The van der Waals surface area contributed by atoms with E-state index >= 15 is 0 Å². The molecule has 0 aliphatic heterocycles. The molecule has 0 saturated carbocycles. The van der Waals surface area contributed by atoms with E-state index in [4.69, 9.17) is 16.7 Å². The van der Waals surface area contributed by atoms with Gasteiger partial charge in [-0.2, -0.15) is 0 Å². The Hall–Kier alpha value is -1.27.